The Morgan fingerprint density at radius 2 is 1.58 bits per heavy atom. The van der Waals surface area contributed by atoms with Gasteiger partial charge in [0.25, 0.3) is 5.91 Å². The number of hydrogen-bond acceptors (Lipinski definition) is 7. The van der Waals surface area contributed by atoms with Gasteiger partial charge in [0.1, 0.15) is 0 Å². The number of ketones is 1. The average Bonchev–Trinajstić information content (AvgIpc) is 3.78. The maximum Gasteiger partial charge on any atom is 0.313 e. The molecule has 5 fully saturated rings. The van der Waals surface area contributed by atoms with Crippen LogP contribution in [0.1, 0.15) is 113 Å². The number of thiophene rings is 1. The van der Waals surface area contributed by atoms with Crippen molar-refractivity contribution in [3.05, 3.63) is 81.6 Å². The molecule has 4 bridgehead atoms. The number of rotatable bonds is 7. The summed E-state index contributed by atoms with van der Waals surface area (Å²) in [6.07, 6.45) is 12.7. The molecule has 282 valence electrons. The predicted octanol–water partition coefficient (Wildman–Crippen LogP) is 7.98. The second-order valence-electron chi connectivity index (χ2n) is 19.4. The summed E-state index contributed by atoms with van der Waals surface area (Å²) >= 11 is 1.54. The molecule has 7 aliphatic carbocycles. The SMILES string of the molecule is Cc1ccc(C(=O)C2=CC34C=CC25C(CCC2(C)C5CCC2(O)CN(Cc2ccccc2)C(=O)C25CCC(C)(C(=O)O2)C5(C)C)C3(C)CCC(O)C4)s1. The van der Waals surface area contributed by atoms with Crippen LogP contribution in [-0.2, 0) is 20.9 Å². The molecule has 7 nitrogen and oxygen atoms in total. The first-order chi connectivity index (χ1) is 24.9. The molecular weight excluding hydrogens is 683 g/mol. The topological polar surface area (TPSA) is 104 Å². The minimum atomic E-state index is -1.29. The van der Waals surface area contributed by atoms with Crippen molar-refractivity contribution in [3.8, 4) is 0 Å². The van der Waals surface area contributed by atoms with Gasteiger partial charge in [-0.05, 0) is 107 Å². The van der Waals surface area contributed by atoms with Gasteiger partial charge in [0.15, 0.2) is 11.4 Å². The van der Waals surface area contributed by atoms with Crippen LogP contribution in [0.15, 0.2) is 66.3 Å². The van der Waals surface area contributed by atoms with E-state index >= 15 is 4.79 Å². The fourth-order valence-electron chi connectivity index (χ4n) is 13.6. The first kappa shape index (κ1) is 35.6. The number of carbonyl (C=O) groups excluding carboxylic acids is 3. The summed E-state index contributed by atoms with van der Waals surface area (Å²) in [6.45, 7) is 13.0. The molecule has 1 amide bonds. The van der Waals surface area contributed by atoms with Gasteiger partial charge in [-0.25, -0.2) is 0 Å². The summed E-state index contributed by atoms with van der Waals surface area (Å²) in [6, 6.07) is 13.9. The van der Waals surface area contributed by atoms with E-state index in [0.29, 0.717) is 32.2 Å². The van der Waals surface area contributed by atoms with Crippen molar-refractivity contribution in [1.82, 2.24) is 4.90 Å². The number of Topliss-reactive ketones (excluding diaryl/α,β-unsaturated/α-hetero) is 1. The van der Waals surface area contributed by atoms with E-state index in [1.165, 1.54) is 11.3 Å². The van der Waals surface area contributed by atoms with E-state index < -0.39 is 44.4 Å². The lowest BCUT2D eigenvalue weighted by molar-refractivity contribution is -0.187. The Balaban J connectivity index is 1.13. The molecule has 1 aromatic carbocycles. The highest BCUT2D eigenvalue weighted by Crippen LogP contribution is 2.78. The molecule has 2 N–H and O–H groups in total. The maximum atomic E-state index is 15.2. The quantitative estimate of drug-likeness (QED) is 0.170. The largest absolute Gasteiger partial charge is 0.448 e. The van der Waals surface area contributed by atoms with Crippen molar-refractivity contribution >= 4 is 29.0 Å². The van der Waals surface area contributed by atoms with Gasteiger partial charge in [0.2, 0.25) is 0 Å². The van der Waals surface area contributed by atoms with Crippen LogP contribution in [0.3, 0.4) is 0 Å². The molecule has 1 aromatic heterocycles. The lowest BCUT2D eigenvalue weighted by Gasteiger charge is -2.71. The molecular formula is C45H55NO6S. The molecule has 4 saturated carbocycles. The van der Waals surface area contributed by atoms with Gasteiger partial charge in [0.05, 0.1) is 28.5 Å². The summed E-state index contributed by atoms with van der Waals surface area (Å²) in [7, 11) is 0. The van der Waals surface area contributed by atoms with E-state index in [-0.39, 0.29) is 41.5 Å². The maximum absolute atomic E-state index is 15.2. The third-order valence-corrected chi connectivity index (χ3v) is 18.3. The lowest BCUT2D eigenvalue weighted by Crippen LogP contribution is -2.67. The van der Waals surface area contributed by atoms with Crippen molar-refractivity contribution in [1.29, 1.82) is 0 Å². The molecule has 8 aliphatic rings. The molecule has 10 unspecified atom stereocenters. The molecule has 2 spiro atoms. The average molecular weight is 738 g/mol. The number of allylic oxidation sites excluding steroid dienone is 4. The molecule has 8 heteroatoms. The van der Waals surface area contributed by atoms with Crippen LogP contribution in [-0.4, -0.2) is 56.6 Å². The third kappa shape index (κ3) is 4.21. The summed E-state index contributed by atoms with van der Waals surface area (Å²) in [4.78, 5) is 47.0. The number of esters is 1. The van der Waals surface area contributed by atoms with Crippen molar-refractivity contribution in [2.24, 2.45) is 44.3 Å². The van der Waals surface area contributed by atoms with Gasteiger partial charge in [-0.3, -0.25) is 14.4 Å². The van der Waals surface area contributed by atoms with Crippen molar-refractivity contribution in [2.75, 3.05) is 6.54 Å². The normalized spacial score (nSPS) is 44.2. The molecule has 1 aliphatic heterocycles. The molecule has 53 heavy (non-hydrogen) atoms. The fourth-order valence-corrected chi connectivity index (χ4v) is 14.4. The lowest BCUT2D eigenvalue weighted by atomic mass is 9.32. The highest BCUT2D eigenvalue weighted by Gasteiger charge is 2.78. The Morgan fingerprint density at radius 3 is 2.25 bits per heavy atom. The number of aryl methyl sites for hydroxylation is 1. The molecule has 10 atom stereocenters. The van der Waals surface area contributed by atoms with Crippen molar-refractivity contribution in [3.63, 3.8) is 0 Å². The minimum Gasteiger partial charge on any atom is -0.448 e. The standard InChI is InChI=1S/C45H55NO6S/c1-28-12-13-32(53-28)35(48)31-25-42-21-22-44(31)33(39(42,4)17-14-30(47)24-42)15-18-40(5)34(44)16-19-43(40,51)27-46(26-29-10-8-7-9-11-29)36(49)45-23-20-41(6,37(50)52-45)38(45,2)3/h7-13,21-22,25,30,33-34,47,51H,14-20,23-24,26-27H2,1-6H3. The zero-order valence-electron chi connectivity index (χ0n) is 32.2. The van der Waals surface area contributed by atoms with Crippen LogP contribution in [0.4, 0.5) is 0 Å². The minimum absolute atomic E-state index is 0.0319. The predicted molar refractivity (Wildman–Crippen MR) is 204 cm³/mol. The van der Waals surface area contributed by atoms with E-state index in [4.69, 9.17) is 4.74 Å². The number of nitrogens with zero attached hydrogens (tertiary/aromatic N) is 1. The highest BCUT2D eigenvalue weighted by atomic mass is 32.1. The molecule has 2 aromatic rings. The van der Waals surface area contributed by atoms with Gasteiger partial charge < -0.3 is 19.8 Å². The molecule has 2 heterocycles. The third-order valence-electron chi connectivity index (χ3n) is 17.3. The Labute approximate surface area is 317 Å². The number of fused-ring (bicyclic) bond motifs is 3. The molecule has 10 rings (SSSR count). The van der Waals surface area contributed by atoms with E-state index in [1.54, 1.807) is 0 Å². The Bertz CT molecular complexity index is 1980. The van der Waals surface area contributed by atoms with E-state index in [0.717, 1.165) is 53.0 Å². The second-order valence-corrected chi connectivity index (χ2v) is 20.7. The number of hydrogen-bond donors (Lipinski definition) is 2. The van der Waals surface area contributed by atoms with Gasteiger partial charge in [-0.1, -0.05) is 76.3 Å². The monoisotopic (exact) mass is 737 g/mol. The van der Waals surface area contributed by atoms with Crippen LogP contribution in [0.5, 0.6) is 0 Å². The van der Waals surface area contributed by atoms with Crippen molar-refractivity contribution in [2.45, 2.75) is 123 Å². The van der Waals surface area contributed by atoms with Gasteiger partial charge in [-0.2, -0.15) is 0 Å². The van der Waals surface area contributed by atoms with Crippen LogP contribution in [0.25, 0.3) is 0 Å². The number of carbonyl (C=O) groups is 3. The number of ether oxygens (including phenoxy) is 1. The van der Waals surface area contributed by atoms with Crippen LogP contribution >= 0.6 is 11.3 Å². The van der Waals surface area contributed by atoms with Crippen LogP contribution in [0, 0.1) is 51.2 Å². The Morgan fingerprint density at radius 1 is 0.887 bits per heavy atom. The highest BCUT2D eigenvalue weighted by molar-refractivity contribution is 7.14. The molecule has 1 saturated heterocycles. The molecule has 0 radical (unpaired) electrons. The van der Waals surface area contributed by atoms with E-state index in [9.17, 15) is 19.8 Å². The van der Waals surface area contributed by atoms with Crippen LogP contribution in [0.2, 0.25) is 0 Å². The smallest absolute Gasteiger partial charge is 0.313 e. The van der Waals surface area contributed by atoms with Crippen LogP contribution < -0.4 is 0 Å². The van der Waals surface area contributed by atoms with Gasteiger partial charge in [-0.15, -0.1) is 11.3 Å². The number of benzene rings is 1. The zero-order valence-corrected chi connectivity index (χ0v) is 33.0. The number of aliphatic hydroxyl groups is 2. The Kier molecular flexibility index (Phi) is 7.42. The zero-order chi connectivity index (χ0) is 37.6. The summed E-state index contributed by atoms with van der Waals surface area (Å²) in [5.41, 5.74) is -3.90. The number of aliphatic hydroxyl groups excluding tert-OH is 1. The van der Waals surface area contributed by atoms with Crippen molar-refractivity contribution < 1.29 is 29.3 Å². The van der Waals surface area contributed by atoms with Gasteiger partial charge >= 0.3 is 5.97 Å². The summed E-state index contributed by atoms with van der Waals surface area (Å²) in [5.74, 6) is -0.292. The first-order valence-corrected chi connectivity index (χ1v) is 20.8. The van der Waals surface area contributed by atoms with E-state index in [1.807, 2.05) is 75.1 Å². The summed E-state index contributed by atoms with van der Waals surface area (Å²) in [5, 5.41) is 24.4. The first-order valence-electron chi connectivity index (χ1n) is 19.9. The van der Waals surface area contributed by atoms with E-state index in [2.05, 4.69) is 32.1 Å². The fraction of sp³-hybridized carbons (Fsp3) is 0.622. The second kappa shape index (κ2) is 11.0. The summed E-state index contributed by atoms with van der Waals surface area (Å²) < 4.78 is 6.16. The number of amides is 1. The van der Waals surface area contributed by atoms with Gasteiger partial charge in [0, 0.05) is 38.7 Å². The Hall–Kier alpha value is -3.07.